The van der Waals surface area contributed by atoms with E-state index in [1.807, 2.05) is 0 Å². The lowest BCUT2D eigenvalue weighted by Crippen LogP contribution is -2.40. The van der Waals surface area contributed by atoms with E-state index in [-0.39, 0.29) is 5.91 Å². The lowest BCUT2D eigenvalue weighted by atomic mass is 9.89. The fourth-order valence-electron chi connectivity index (χ4n) is 4.64. The highest BCUT2D eigenvalue weighted by molar-refractivity contribution is 5.76. The number of benzene rings is 1. The lowest BCUT2D eigenvalue weighted by molar-refractivity contribution is -0.122. The number of fused-ring (bicyclic) bond motifs is 2. The van der Waals surface area contributed by atoms with Gasteiger partial charge >= 0.3 is 0 Å². The summed E-state index contributed by atoms with van der Waals surface area (Å²) < 4.78 is 5.45. The van der Waals surface area contributed by atoms with E-state index in [9.17, 15) is 4.79 Å². The minimum atomic E-state index is 0.197. The number of amides is 1. The maximum atomic E-state index is 12.4. The lowest BCUT2D eigenvalue weighted by Gasteiger charge is -2.31. The normalized spacial score (nSPS) is 28.8. The second kappa shape index (κ2) is 7.75. The largest absolute Gasteiger partial charge is 0.378 e. The van der Waals surface area contributed by atoms with Gasteiger partial charge in [-0.15, -0.1) is 0 Å². The van der Waals surface area contributed by atoms with Crippen LogP contribution in [0.25, 0.3) is 0 Å². The van der Waals surface area contributed by atoms with E-state index in [0.29, 0.717) is 31.0 Å². The Morgan fingerprint density at radius 3 is 2.64 bits per heavy atom. The second-order valence-corrected chi connectivity index (χ2v) is 7.68. The highest BCUT2D eigenvalue weighted by Gasteiger charge is 2.34. The van der Waals surface area contributed by atoms with Gasteiger partial charge in [0.2, 0.25) is 5.91 Å². The van der Waals surface area contributed by atoms with Crippen molar-refractivity contribution in [2.75, 3.05) is 31.2 Å². The summed E-state index contributed by atoms with van der Waals surface area (Å²) in [5.41, 5.74) is 2.43. The minimum absolute atomic E-state index is 0.197. The van der Waals surface area contributed by atoms with Crippen LogP contribution in [0.2, 0.25) is 0 Å². The third-order valence-electron chi connectivity index (χ3n) is 5.86. The fourth-order valence-corrected chi connectivity index (χ4v) is 4.64. The van der Waals surface area contributed by atoms with Gasteiger partial charge in [-0.3, -0.25) is 4.79 Å². The summed E-state index contributed by atoms with van der Waals surface area (Å²) in [5.74, 6) is 0.747. The number of rotatable bonds is 5. The van der Waals surface area contributed by atoms with E-state index in [2.05, 4.69) is 39.8 Å². The molecule has 3 aliphatic rings. The molecule has 3 saturated heterocycles. The summed E-state index contributed by atoms with van der Waals surface area (Å²) in [6.45, 7) is 4.01. The molecular formula is C20H29N3O2. The Bertz CT molecular complexity index is 588. The van der Waals surface area contributed by atoms with Gasteiger partial charge in [-0.25, -0.2) is 0 Å². The number of carbonyl (C=O) groups excluding carboxylic acids is 1. The van der Waals surface area contributed by atoms with Gasteiger partial charge in [-0.2, -0.15) is 0 Å². The van der Waals surface area contributed by atoms with Crippen LogP contribution in [0.15, 0.2) is 24.3 Å². The molecule has 1 aromatic carbocycles. The molecule has 3 fully saturated rings. The fraction of sp³-hybridized carbons (Fsp3) is 0.650. The van der Waals surface area contributed by atoms with E-state index in [1.165, 1.54) is 24.1 Å². The summed E-state index contributed by atoms with van der Waals surface area (Å²) in [7, 11) is 0. The quantitative estimate of drug-likeness (QED) is 0.859. The molecule has 2 N–H and O–H groups in total. The van der Waals surface area contributed by atoms with Crippen molar-refractivity contribution in [2.24, 2.45) is 5.92 Å². The molecule has 3 aliphatic heterocycles. The van der Waals surface area contributed by atoms with Gasteiger partial charge in [0, 0.05) is 43.8 Å². The Hall–Kier alpha value is -1.59. The Morgan fingerprint density at radius 2 is 1.88 bits per heavy atom. The van der Waals surface area contributed by atoms with Gasteiger partial charge in [-0.1, -0.05) is 18.2 Å². The van der Waals surface area contributed by atoms with Crippen LogP contribution in [0.1, 0.15) is 37.7 Å². The van der Waals surface area contributed by atoms with E-state index in [1.54, 1.807) is 0 Å². The van der Waals surface area contributed by atoms with Crippen LogP contribution in [0, 0.1) is 5.92 Å². The predicted molar refractivity (Wildman–Crippen MR) is 98.6 cm³/mol. The standard InChI is InChI=1S/C20H29N3O2/c24-20(13-15-11-17-5-6-18(12-15)22-17)21-14-16-3-1-2-4-19(16)23-7-9-25-10-8-23/h1-4,15,17-18,22H,5-14H2,(H,21,24). The van der Waals surface area contributed by atoms with Crippen molar-refractivity contribution in [1.82, 2.24) is 10.6 Å². The molecule has 3 heterocycles. The van der Waals surface area contributed by atoms with Crippen molar-refractivity contribution in [3.05, 3.63) is 29.8 Å². The minimum Gasteiger partial charge on any atom is -0.378 e. The highest BCUT2D eigenvalue weighted by atomic mass is 16.5. The Balaban J connectivity index is 1.31. The van der Waals surface area contributed by atoms with Gasteiger partial charge in [0.15, 0.2) is 0 Å². The summed E-state index contributed by atoms with van der Waals surface area (Å²) >= 11 is 0. The zero-order valence-corrected chi connectivity index (χ0v) is 14.9. The highest BCUT2D eigenvalue weighted by Crippen LogP contribution is 2.32. The van der Waals surface area contributed by atoms with Gasteiger partial charge in [-0.05, 0) is 43.2 Å². The zero-order chi connectivity index (χ0) is 17.1. The summed E-state index contributed by atoms with van der Waals surface area (Å²) in [6.07, 6.45) is 5.57. The van der Waals surface area contributed by atoms with Crippen molar-refractivity contribution < 1.29 is 9.53 Å². The first-order valence-corrected chi connectivity index (χ1v) is 9.71. The van der Waals surface area contributed by atoms with E-state index in [4.69, 9.17) is 4.74 Å². The molecule has 2 bridgehead atoms. The third-order valence-corrected chi connectivity index (χ3v) is 5.86. The van der Waals surface area contributed by atoms with Gasteiger partial charge in [0.1, 0.15) is 0 Å². The molecule has 0 saturated carbocycles. The first-order valence-electron chi connectivity index (χ1n) is 9.71. The maximum Gasteiger partial charge on any atom is 0.220 e. The number of hydrogen-bond acceptors (Lipinski definition) is 4. The molecule has 0 aromatic heterocycles. The number of para-hydroxylation sites is 1. The summed E-state index contributed by atoms with van der Waals surface area (Å²) in [6, 6.07) is 9.70. The number of piperidine rings is 1. The molecule has 136 valence electrons. The van der Waals surface area contributed by atoms with Crippen LogP contribution in [0.4, 0.5) is 5.69 Å². The summed E-state index contributed by atoms with van der Waals surface area (Å²) in [4.78, 5) is 14.8. The van der Waals surface area contributed by atoms with Crippen LogP contribution in [-0.4, -0.2) is 44.3 Å². The van der Waals surface area contributed by atoms with Crippen molar-refractivity contribution in [2.45, 2.75) is 50.7 Å². The monoisotopic (exact) mass is 343 g/mol. The zero-order valence-electron chi connectivity index (χ0n) is 14.9. The van der Waals surface area contributed by atoms with Crippen LogP contribution in [-0.2, 0) is 16.1 Å². The molecule has 0 aliphatic carbocycles. The maximum absolute atomic E-state index is 12.4. The molecular weight excluding hydrogens is 314 g/mol. The van der Waals surface area contributed by atoms with Crippen molar-refractivity contribution in [1.29, 1.82) is 0 Å². The van der Waals surface area contributed by atoms with Gasteiger partial charge in [0.25, 0.3) is 0 Å². The average Bonchev–Trinajstić information content (AvgIpc) is 2.99. The molecule has 5 nitrogen and oxygen atoms in total. The van der Waals surface area contributed by atoms with Crippen molar-refractivity contribution >= 4 is 11.6 Å². The molecule has 2 unspecified atom stereocenters. The van der Waals surface area contributed by atoms with Crippen LogP contribution in [0.3, 0.4) is 0 Å². The average molecular weight is 343 g/mol. The number of nitrogens with one attached hydrogen (secondary N) is 2. The molecule has 5 heteroatoms. The van der Waals surface area contributed by atoms with Gasteiger partial charge in [0.05, 0.1) is 13.2 Å². The molecule has 4 rings (SSSR count). The number of carbonyl (C=O) groups is 1. The van der Waals surface area contributed by atoms with Crippen LogP contribution < -0.4 is 15.5 Å². The third kappa shape index (κ3) is 4.15. The number of morpholine rings is 1. The van der Waals surface area contributed by atoms with Gasteiger partial charge < -0.3 is 20.3 Å². The number of anilines is 1. The van der Waals surface area contributed by atoms with E-state index in [0.717, 1.165) is 39.1 Å². The first kappa shape index (κ1) is 16.9. The first-order chi connectivity index (χ1) is 12.3. The number of nitrogens with zero attached hydrogens (tertiary/aromatic N) is 1. The Kier molecular flexibility index (Phi) is 5.22. The second-order valence-electron chi connectivity index (χ2n) is 7.68. The Labute approximate surface area is 150 Å². The molecule has 0 spiro atoms. The topological polar surface area (TPSA) is 53.6 Å². The van der Waals surface area contributed by atoms with Crippen molar-refractivity contribution in [3.8, 4) is 0 Å². The van der Waals surface area contributed by atoms with E-state index < -0.39 is 0 Å². The van der Waals surface area contributed by atoms with Crippen molar-refractivity contribution in [3.63, 3.8) is 0 Å². The van der Waals surface area contributed by atoms with Crippen LogP contribution in [0.5, 0.6) is 0 Å². The predicted octanol–water partition coefficient (Wildman–Crippen LogP) is 2.06. The number of ether oxygens (including phenoxy) is 1. The molecule has 1 aromatic rings. The SMILES string of the molecule is O=C(CC1CC2CCC(C1)N2)NCc1ccccc1N1CCOCC1. The molecule has 0 radical (unpaired) electrons. The molecule has 25 heavy (non-hydrogen) atoms. The van der Waals surface area contributed by atoms with E-state index >= 15 is 0 Å². The van der Waals surface area contributed by atoms with Crippen LogP contribution >= 0.6 is 0 Å². The number of hydrogen-bond donors (Lipinski definition) is 2. The summed E-state index contributed by atoms with van der Waals surface area (Å²) in [5, 5.41) is 6.81. The molecule has 1 amide bonds. The molecule has 2 atom stereocenters. The Morgan fingerprint density at radius 1 is 1.16 bits per heavy atom. The smallest absolute Gasteiger partial charge is 0.220 e.